The van der Waals surface area contributed by atoms with Gasteiger partial charge in [-0.15, -0.1) is 11.3 Å². The van der Waals surface area contributed by atoms with E-state index in [0.717, 1.165) is 49.8 Å². The molecule has 1 N–H and O–H groups in total. The molecule has 2 aliphatic heterocycles. The number of piperazine rings is 1. The summed E-state index contributed by atoms with van der Waals surface area (Å²) in [6.07, 6.45) is 3.27. The topological polar surface area (TPSA) is 68.8 Å². The third-order valence-corrected chi connectivity index (χ3v) is 6.23. The summed E-state index contributed by atoms with van der Waals surface area (Å²) in [4.78, 5) is 35.6. The number of nitrogens with one attached hydrogen (secondary N) is 1. The normalized spacial score (nSPS) is 18.2. The van der Waals surface area contributed by atoms with E-state index in [1.165, 1.54) is 11.3 Å². The van der Waals surface area contributed by atoms with Crippen molar-refractivity contribution in [2.45, 2.75) is 12.8 Å². The Morgan fingerprint density at radius 1 is 0.964 bits per heavy atom. The highest BCUT2D eigenvalue weighted by atomic mass is 32.1. The van der Waals surface area contributed by atoms with Crippen LogP contribution in [-0.2, 0) is 4.79 Å². The van der Waals surface area contributed by atoms with Crippen LogP contribution in [0, 0.1) is 5.92 Å². The summed E-state index contributed by atoms with van der Waals surface area (Å²) in [7, 11) is 0. The summed E-state index contributed by atoms with van der Waals surface area (Å²) in [6, 6.07) is 9.65. The zero-order valence-electron chi connectivity index (χ0n) is 15.8. The summed E-state index contributed by atoms with van der Waals surface area (Å²) in [5, 5.41) is 5.71. The number of carbonyl (C=O) groups is 2. The van der Waals surface area contributed by atoms with Crippen molar-refractivity contribution in [3.05, 3.63) is 41.9 Å². The minimum absolute atomic E-state index is 0.0205. The zero-order chi connectivity index (χ0) is 19.3. The summed E-state index contributed by atoms with van der Waals surface area (Å²) < 4.78 is 0. The maximum Gasteiger partial charge on any atom is 0.322 e. The molecule has 4 rings (SSSR count). The lowest BCUT2D eigenvalue weighted by molar-refractivity contribution is -0.137. The molecule has 2 aromatic heterocycles. The third-order valence-electron chi connectivity index (χ3n) is 5.45. The fraction of sp³-hybridized carbons (Fsp3) is 0.450. The molecule has 0 atom stereocenters. The summed E-state index contributed by atoms with van der Waals surface area (Å²) in [5.41, 5.74) is 0. The monoisotopic (exact) mass is 399 g/mol. The first-order valence-corrected chi connectivity index (χ1v) is 10.6. The van der Waals surface area contributed by atoms with Crippen molar-refractivity contribution >= 4 is 34.1 Å². The Hall–Kier alpha value is -2.61. The lowest BCUT2D eigenvalue weighted by Gasteiger charge is -2.38. The van der Waals surface area contributed by atoms with E-state index in [1.54, 1.807) is 6.20 Å². The van der Waals surface area contributed by atoms with Crippen LogP contribution in [0.5, 0.6) is 0 Å². The van der Waals surface area contributed by atoms with Gasteiger partial charge in [-0.2, -0.15) is 0 Å². The number of hydrogen-bond acceptors (Lipinski definition) is 5. The van der Waals surface area contributed by atoms with Crippen LogP contribution >= 0.6 is 11.3 Å². The molecule has 0 bridgehead atoms. The van der Waals surface area contributed by atoms with E-state index in [1.807, 2.05) is 45.5 Å². The van der Waals surface area contributed by atoms with Crippen molar-refractivity contribution < 1.29 is 9.59 Å². The number of urea groups is 1. The van der Waals surface area contributed by atoms with Crippen molar-refractivity contribution in [3.8, 4) is 0 Å². The average molecular weight is 400 g/mol. The van der Waals surface area contributed by atoms with E-state index < -0.39 is 0 Å². The van der Waals surface area contributed by atoms with Gasteiger partial charge >= 0.3 is 6.03 Å². The van der Waals surface area contributed by atoms with Gasteiger partial charge in [0.2, 0.25) is 5.91 Å². The number of nitrogens with zero attached hydrogens (tertiary/aromatic N) is 4. The Morgan fingerprint density at radius 2 is 1.75 bits per heavy atom. The van der Waals surface area contributed by atoms with Crippen molar-refractivity contribution in [2.24, 2.45) is 5.92 Å². The predicted molar refractivity (Wildman–Crippen MR) is 111 cm³/mol. The molecule has 148 valence electrons. The van der Waals surface area contributed by atoms with Crippen molar-refractivity contribution in [1.29, 1.82) is 0 Å². The molecule has 2 aliphatic rings. The largest absolute Gasteiger partial charge is 0.353 e. The Balaban J connectivity index is 1.24. The highest BCUT2D eigenvalue weighted by Crippen LogP contribution is 2.23. The SMILES string of the molecule is O=C(Nc1cccs1)N1CCC(C(=O)N2CCN(c3ccccn3)CC2)CC1. The molecule has 0 radical (unpaired) electrons. The van der Waals surface area contributed by atoms with Gasteiger partial charge in [0, 0.05) is 51.4 Å². The van der Waals surface area contributed by atoms with Crippen molar-refractivity contribution in [3.63, 3.8) is 0 Å². The van der Waals surface area contributed by atoms with Crippen LogP contribution in [0.3, 0.4) is 0 Å². The molecule has 8 heteroatoms. The maximum atomic E-state index is 12.9. The van der Waals surface area contributed by atoms with E-state index in [2.05, 4.69) is 15.2 Å². The maximum absolute atomic E-state index is 12.9. The van der Waals surface area contributed by atoms with Gasteiger partial charge < -0.3 is 14.7 Å². The molecule has 3 amide bonds. The third kappa shape index (κ3) is 4.27. The molecule has 2 aromatic rings. The summed E-state index contributed by atoms with van der Waals surface area (Å²) in [6.45, 7) is 4.33. The predicted octanol–water partition coefficient (Wildman–Crippen LogP) is 2.74. The first kappa shape index (κ1) is 18.7. The van der Waals surface area contributed by atoms with E-state index >= 15 is 0 Å². The van der Waals surface area contributed by atoms with Gasteiger partial charge in [-0.25, -0.2) is 9.78 Å². The van der Waals surface area contributed by atoms with Gasteiger partial charge in [-0.1, -0.05) is 6.07 Å². The van der Waals surface area contributed by atoms with Crippen LogP contribution in [-0.4, -0.2) is 66.0 Å². The molecular formula is C20H25N5O2S. The van der Waals surface area contributed by atoms with Crippen molar-refractivity contribution in [1.82, 2.24) is 14.8 Å². The molecule has 7 nitrogen and oxygen atoms in total. The fourth-order valence-electron chi connectivity index (χ4n) is 3.82. The lowest BCUT2D eigenvalue weighted by Crippen LogP contribution is -2.52. The van der Waals surface area contributed by atoms with Crippen LogP contribution in [0.25, 0.3) is 0 Å². The van der Waals surface area contributed by atoms with Gasteiger partial charge in [0.25, 0.3) is 0 Å². The molecule has 4 heterocycles. The van der Waals surface area contributed by atoms with Crippen LogP contribution in [0.2, 0.25) is 0 Å². The van der Waals surface area contributed by atoms with E-state index in [-0.39, 0.29) is 17.9 Å². The van der Waals surface area contributed by atoms with Crippen molar-refractivity contribution in [2.75, 3.05) is 49.5 Å². The highest BCUT2D eigenvalue weighted by Gasteiger charge is 2.31. The quantitative estimate of drug-likeness (QED) is 0.862. The van der Waals surface area contributed by atoms with Crippen LogP contribution in [0.1, 0.15) is 12.8 Å². The minimum atomic E-state index is -0.0719. The average Bonchev–Trinajstić information content (AvgIpc) is 3.27. The summed E-state index contributed by atoms with van der Waals surface area (Å²) >= 11 is 1.51. The highest BCUT2D eigenvalue weighted by molar-refractivity contribution is 7.14. The van der Waals surface area contributed by atoms with Gasteiger partial charge in [0.1, 0.15) is 5.82 Å². The van der Waals surface area contributed by atoms with Crippen LogP contribution < -0.4 is 10.2 Å². The number of carbonyl (C=O) groups excluding carboxylic acids is 2. The smallest absolute Gasteiger partial charge is 0.322 e. The number of likely N-dealkylation sites (tertiary alicyclic amines) is 1. The van der Waals surface area contributed by atoms with Crippen LogP contribution in [0.4, 0.5) is 15.6 Å². The molecule has 0 unspecified atom stereocenters. The molecule has 2 fully saturated rings. The molecule has 28 heavy (non-hydrogen) atoms. The Morgan fingerprint density at radius 3 is 2.39 bits per heavy atom. The number of aromatic nitrogens is 1. The number of piperidine rings is 1. The second-order valence-corrected chi connectivity index (χ2v) is 8.12. The standard InChI is InChI=1S/C20H25N5O2S/c26-19(24-13-11-23(12-14-24)17-4-1-2-8-21-17)16-6-9-25(10-7-16)20(27)22-18-5-3-15-28-18/h1-5,8,15-16H,6-7,9-14H2,(H,22,27). The lowest BCUT2D eigenvalue weighted by atomic mass is 9.95. The van der Waals surface area contributed by atoms with Crippen LogP contribution in [0.15, 0.2) is 41.9 Å². The first-order chi connectivity index (χ1) is 13.7. The summed E-state index contributed by atoms with van der Waals surface area (Å²) in [5.74, 6) is 1.23. The molecular weight excluding hydrogens is 374 g/mol. The Labute approximate surface area is 169 Å². The first-order valence-electron chi connectivity index (χ1n) is 9.75. The number of anilines is 2. The van der Waals surface area contributed by atoms with Gasteiger partial charge in [-0.05, 0) is 42.5 Å². The number of amides is 3. The fourth-order valence-corrected chi connectivity index (χ4v) is 4.43. The van der Waals surface area contributed by atoms with Gasteiger partial charge in [-0.3, -0.25) is 10.1 Å². The van der Waals surface area contributed by atoms with Gasteiger partial charge in [0.05, 0.1) is 5.00 Å². The Bertz CT molecular complexity index is 782. The van der Waals surface area contributed by atoms with Gasteiger partial charge in [0.15, 0.2) is 0 Å². The molecule has 0 saturated carbocycles. The van der Waals surface area contributed by atoms with E-state index in [9.17, 15) is 9.59 Å². The number of thiophene rings is 1. The van der Waals surface area contributed by atoms with E-state index in [0.29, 0.717) is 13.1 Å². The second-order valence-electron chi connectivity index (χ2n) is 7.17. The molecule has 0 aliphatic carbocycles. The second kappa shape index (κ2) is 8.60. The zero-order valence-corrected chi connectivity index (χ0v) is 16.6. The number of pyridine rings is 1. The minimum Gasteiger partial charge on any atom is -0.353 e. The molecule has 2 saturated heterocycles. The number of rotatable bonds is 3. The Kier molecular flexibility index (Phi) is 5.76. The number of hydrogen-bond donors (Lipinski definition) is 1. The molecule has 0 spiro atoms. The van der Waals surface area contributed by atoms with E-state index in [4.69, 9.17) is 0 Å². The molecule has 0 aromatic carbocycles.